The van der Waals surface area contributed by atoms with Gasteiger partial charge in [0.1, 0.15) is 17.6 Å². The van der Waals surface area contributed by atoms with E-state index in [0.717, 1.165) is 92.0 Å². The smallest absolute Gasteiger partial charge is 0.331 e. The van der Waals surface area contributed by atoms with Crippen molar-refractivity contribution in [3.05, 3.63) is 65.5 Å². The Kier molecular flexibility index (Phi) is 6.12. The van der Waals surface area contributed by atoms with E-state index in [0.29, 0.717) is 5.92 Å². The Labute approximate surface area is 213 Å². The number of carbonyl (C=O) groups excluding carboxylic acids is 1. The highest BCUT2D eigenvalue weighted by molar-refractivity contribution is 5.82. The van der Waals surface area contributed by atoms with Gasteiger partial charge in [0.05, 0.1) is 13.1 Å². The summed E-state index contributed by atoms with van der Waals surface area (Å²) in [5.41, 5.74) is 3.25. The lowest BCUT2D eigenvalue weighted by atomic mass is 9.82. The molecule has 1 aromatic heterocycles. The predicted octanol–water partition coefficient (Wildman–Crippen LogP) is 5.19. The fourth-order valence-electron chi connectivity index (χ4n) is 6.80. The van der Waals surface area contributed by atoms with Gasteiger partial charge < -0.3 is 13.6 Å². The number of carbonyl (C=O) groups is 1. The molecule has 2 aromatic carbocycles. The second-order valence-corrected chi connectivity index (χ2v) is 11.5. The number of aryl methyl sites for hydroxylation is 1. The zero-order chi connectivity index (χ0) is 24.8. The van der Waals surface area contributed by atoms with E-state index in [9.17, 15) is 4.79 Å². The highest BCUT2D eigenvalue weighted by Crippen LogP contribution is 2.40. The summed E-state index contributed by atoms with van der Waals surface area (Å²) < 4.78 is 13.5. The molecule has 0 N–H and O–H groups in total. The first kappa shape index (κ1) is 23.7. The monoisotopic (exact) mass is 488 g/mol. The Bertz CT molecular complexity index is 1220. The number of aromatic nitrogens is 1. The number of hydrogen-bond donors (Lipinski definition) is 0. The van der Waals surface area contributed by atoms with Crippen LogP contribution in [0.1, 0.15) is 56.0 Å². The van der Waals surface area contributed by atoms with Crippen LogP contribution in [-0.4, -0.2) is 59.2 Å². The molecule has 2 bridgehead atoms. The van der Waals surface area contributed by atoms with E-state index in [1.165, 1.54) is 12.0 Å². The largest absolute Gasteiger partial charge is 0.454 e. The number of rotatable bonds is 6. The number of quaternary nitrogens is 1. The number of nitrogens with zero attached hydrogens (tertiary/aromatic N) is 3. The summed E-state index contributed by atoms with van der Waals surface area (Å²) in [5, 5.41) is 0. The maximum Gasteiger partial charge on any atom is 0.331 e. The summed E-state index contributed by atoms with van der Waals surface area (Å²) in [6.07, 6.45) is 5.61. The Hall–Kier alpha value is -2.70. The lowest BCUT2D eigenvalue weighted by molar-refractivity contribution is -0.959. The zero-order valence-corrected chi connectivity index (χ0v) is 21.6. The van der Waals surface area contributed by atoms with E-state index in [2.05, 4.69) is 43.0 Å². The van der Waals surface area contributed by atoms with E-state index >= 15 is 0 Å². The van der Waals surface area contributed by atoms with Crippen molar-refractivity contribution < 1.29 is 18.4 Å². The number of fused-ring (bicyclic) bond motifs is 4. The topological polar surface area (TPSA) is 55.6 Å². The van der Waals surface area contributed by atoms with Crippen LogP contribution in [0.15, 0.2) is 52.9 Å². The van der Waals surface area contributed by atoms with Crippen LogP contribution in [0.4, 0.5) is 0 Å². The molecule has 0 saturated carbocycles. The van der Waals surface area contributed by atoms with E-state index < -0.39 is 5.54 Å². The average molecular weight is 489 g/mol. The molecule has 0 spiro atoms. The zero-order valence-electron chi connectivity index (χ0n) is 21.6. The van der Waals surface area contributed by atoms with Crippen molar-refractivity contribution in [2.24, 2.45) is 5.92 Å². The molecule has 190 valence electrons. The van der Waals surface area contributed by atoms with Crippen LogP contribution in [-0.2, 0) is 21.6 Å². The van der Waals surface area contributed by atoms with E-state index in [4.69, 9.17) is 14.1 Å². The van der Waals surface area contributed by atoms with Crippen LogP contribution in [0.5, 0.6) is 0 Å². The Morgan fingerprint density at radius 3 is 2.61 bits per heavy atom. The first-order valence-electron chi connectivity index (χ1n) is 13.7. The molecule has 0 radical (unpaired) electrons. The maximum absolute atomic E-state index is 14.0. The molecule has 0 amide bonds. The van der Waals surface area contributed by atoms with Gasteiger partial charge in [0.15, 0.2) is 18.2 Å². The van der Waals surface area contributed by atoms with Crippen molar-refractivity contribution in [2.45, 2.75) is 64.1 Å². The number of likely N-dealkylation sites (tertiary alicyclic amines) is 1. The van der Waals surface area contributed by atoms with Gasteiger partial charge in [-0.25, -0.2) is 9.78 Å². The SMILES string of the molecule is Cc1ccc2oc(C[N+]34CCC(CC3)[C@@H](OC(=O)[C@](C)(c3ccccc3)N3CCCCC3)C4)nc2c1. The Morgan fingerprint density at radius 2 is 1.86 bits per heavy atom. The minimum Gasteiger partial charge on any atom is -0.454 e. The van der Waals surface area contributed by atoms with Crippen LogP contribution in [0, 0.1) is 12.8 Å². The van der Waals surface area contributed by atoms with Crippen LogP contribution < -0.4 is 0 Å². The number of oxazole rings is 1. The predicted molar refractivity (Wildman–Crippen MR) is 139 cm³/mol. The van der Waals surface area contributed by atoms with Crippen LogP contribution in [0.2, 0.25) is 0 Å². The first-order valence-corrected chi connectivity index (χ1v) is 13.7. The normalized spacial score (nSPS) is 28.2. The van der Waals surface area contributed by atoms with Gasteiger partial charge in [-0.15, -0.1) is 0 Å². The number of esters is 1. The summed E-state index contributed by atoms with van der Waals surface area (Å²) >= 11 is 0. The van der Waals surface area contributed by atoms with Crippen molar-refractivity contribution in [1.29, 1.82) is 0 Å². The minimum atomic E-state index is -0.753. The lowest BCUT2D eigenvalue weighted by Crippen LogP contribution is -2.64. The van der Waals surface area contributed by atoms with Crippen molar-refractivity contribution >= 4 is 17.1 Å². The van der Waals surface area contributed by atoms with Gasteiger partial charge in [-0.3, -0.25) is 4.90 Å². The molecule has 0 unspecified atom stereocenters. The third kappa shape index (κ3) is 4.24. The first-order chi connectivity index (χ1) is 17.5. The Balaban J connectivity index is 1.22. The van der Waals surface area contributed by atoms with E-state index in [1.54, 1.807) is 0 Å². The van der Waals surface area contributed by atoms with Gasteiger partial charge in [-0.2, -0.15) is 0 Å². The lowest BCUT2D eigenvalue weighted by Gasteiger charge is -2.52. The molecule has 4 saturated heterocycles. The fourth-order valence-corrected chi connectivity index (χ4v) is 6.80. The summed E-state index contributed by atoms with van der Waals surface area (Å²) in [5.74, 6) is 1.15. The minimum absolute atomic E-state index is 0.0561. The van der Waals surface area contributed by atoms with Gasteiger partial charge >= 0.3 is 5.97 Å². The standard InChI is InChI=1S/C30H38N3O3/c1-22-11-12-26-25(19-22)31-28(35-26)21-33-17-13-23(14-18-33)27(20-33)36-29(34)30(2,24-9-5-3-6-10-24)32-15-7-4-8-16-32/h3,5-6,9-12,19,23,27H,4,7-8,13-18,20-21H2,1-2H3/q+1/t23?,27-,30-,33?/m0/s1. The molecular weight excluding hydrogens is 450 g/mol. The number of piperidine rings is 4. The molecule has 0 aliphatic carbocycles. The molecule has 4 aliphatic rings. The fraction of sp³-hybridized carbons (Fsp3) is 0.533. The second-order valence-electron chi connectivity index (χ2n) is 11.5. The third-order valence-electron chi connectivity index (χ3n) is 9.08. The number of ether oxygens (including phenoxy) is 1. The third-order valence-corrected chi connectivity index (χ3v) is 9.08. The molecule has 4 aliphatic heterocycles. The highest BCUT2D eigenvalue weighted by Gasteiger charge is 2.51. The molecule has 6 nitrogen and oxygen atoms in total. The van der Waals surface area contributed by atoms with Gasteiger partial charge in [-0.1, -0.05) is 42.8 Å². The molecular formula is C30H38N3O3+. The van der Waals surface area contributed by atoms with E-state index in [-0.39, 0.29) is 12.1 Å². The Morgan fingerprint density at radius 1 is 1.11 bits per heavy atom. The van der Waals surface area contributed by atoms with Crippen molar-refractivity contribution in [3.63, 3.8) is 0 Å². The van der Waals surface area contributed by atoms with Gasteiger partial charge in [0.25, 0.3) is 5.89 Å². The van der Waals surface area contributed by atoms with Crippen molar-refractivity contribution in [2.75, 3.05) is 32.7 Å². The number of hydrogen-bond acceptors (Lipinski definition) is 5. The van der Waals surface area contributed by atoms with Gasteiger partial charge in [-0.05, 0) is 63.0 Å². The molecule has 2 atom stereocenters. The van der Waals surface area contributed by atoms with Crippen molar-refractivity contribution in [1.82, 2.24) is 9.88 Å². The van der Waals surface area contributed by atoms with Gasteiger partial charge in [0.2, 0.25) is 0 Å². The quantitative estimate of drug-likeness (QED) is 0.353. The van der Waals surface area contributed by atoms with Crippen LogP contribution >= 0.6 is 0 Å². The summed E-state index contributed by atoms with van der Waals surface area (Å²) in [6, 6.07) is 16.4. The van der Waals surface area contributed by atoms with Gasteiger partial charge in [0, 0.05) is 18.8 Å². The summed E-state index contributed by atoms with van der Waals surface area (Å²) in [7, 11) is 0. The van der Waals surface area contributed by atoms with E-state index in [1.807, 2.05) is 24.3 Å². The van der Waals surface area contributed by atoms with Crippen LogP contribution in [0.3, 0.4) is 0 Å². The summed E-state index contributed by atoms with van der Waals surface area (Å²) in [6.45, 7) is 9.82. The average Bonchev–Trinajstić information content (AvgIpc) is 3.30. The second kappa shape index (κ2) is 9.31. The van der Waals surface area contributed by atoms with Crippen LogP contribution in [0.25, 0.3) is 11.1 Å². The molecule has 5 heterocycles. The molecule has 6 heteroatoms. The molecule has 4 fully saturated rings. The van der Waals surface area contributed by atoms with Crippen molar-refractivity contribution in [3.8, 4) is 0 Å². The summed E-state index contributed by atoms with van der Waals surface area (Å²) in [4.78, 5) is 21.2. The molecule has 3 aromatic rings. The number of benzene rings is 2. The molecule has 7 rings (SSSR count). The maximum atomic E-state index is 14.0. The highest BCUT2D eigenvalue weighted by atomic mass is 16.5. The molecule has 36 heavy (non-hydrogen) atoms.